The van der Waals surface area contributed by atoms with Crippen molar-refractivity contribution in [2.75, 3.05) is 5.73 Å². The second-order valence-corrected chi connectivity index (χ2v) is 5.64. The molecule has 3 aromatic rings. The van der Waals surface area contributed by atoms with Crippen LogP contribution in [0.15, 0.2) is 48.5 Å². The molecule has 0 aromatic heterocycles. The maximum absolute atomic E-state index is 13.4. The summed E-state index contributed by atoms with van der Waals surface area (Å²) in [5.74, 6) is -0.945. The molecule has 0 fully saturated rings. The molecular formula is C21H10F2N4. The molecule has 2 N–H and O–H groups in total. The number of nitrogens with two attached hydrogens (primary N) is 1. The van der Waals surface area contributed by atoms with Crippen molar-refractivity contribution < 1.29 is 8.78 Å². The lowest BCUT2D eigenvalue weighted by Crippen LogP contribution is -2.04. The zero-order chi connectivity index (χ0) is 19.6. The Hall–Kier alpha value is -4.21. The molecule has 4 nitrogen and oxygen atoms in total. The van der Waals surface area contributed by atoms with Gasteiger partial charge in [0.2, 0.25) is 0 Å². The van der Waals surface area contributed by atoms with E-state index in [9.17, 15) is 24.6 Å². The lowest BCUT2D eigenvalue weighted by molar-refractivity contribution is 0.627. The van der Waals surface area contributed by atoms with Crippen LogP contribution in [-0.2, 0) is 0 Å². The molecule has 3 rings (SSSR count). The zero-order valence-electron chi connectivity index (χ0n) is 13.8. The predicted octanol–water partition coefficient (Wildman–Crippen LogP) is 4.50. The minimum Gasteiger partial charge on any atom is -0.397 e. The van der Waals surface area contributed by atoms with Gasteiger partial charge in [-0.1, -0.05) is 24.3 Å². The number of nitrogen functional groups attached to an aromatic ring is 1. The summed E-state index contributed by atoms with van der Waals surface area (Å²) in [5, 5.41) is 28.8. The van der Waals surface area contributed by atoms with E-state index in [0.29, 0.717) is 11.1 Å². The lowest BCUT2D eigenvalue weighted by atomic mass is 9.84. The molecule has 0 aliphatic heterocycles. The van der Waals surface area contributed by atoms with Gasteiger partial charge in [0.05, 0.1) is 22.4 Å². The van der Waals surface area contributed by atoms with Gasteiger partial charge in [-0.2, -0.15) is 15.8 Å². The molecule has 0 spiro atoms. The number of anilines is 1. The number of nitrogens with zero attached hydrogens (tertiary/aromatic N) is 3. The van der Waals surface area contributed by atoms with Crippen molar-refractivity contribution in [3.63, 3.8) is 0 Å². The van der Waals surface area contributed by atoms with Crippen LogP contribution in [0, 0.1) is 45.6 Å². The molecule has 0 bridgehead atoms. The summed E-state index contributed by atoms with van der Waals surface area (Å²) in [7, 11) is 0. The Bertz CT molecular complexity index is 1160. The van der Waals surface area contributed by atoms with Gasteiger partial charge in [0, 0.05) is 11.1 Å². The first-order chi connectivity index (χ1) is 13.0. The molecule has 6 heteroatoms. The Morgan fingerprint density at radius 3 is 1.33 bits per heavy atom. The van der Waals surface area contributed by atoms with Gasteiger partial charge in [-0.3, -0.25) is 0 Å². The average molecular weight is 356 g/mol. The van der Waals surface area contributed by atoms with Crippen LogP contribution in [0.5, 0.6) is 0 Å². The number of hydrogen-bond donors (Lipinski definition) is 1. The Labute approximate surface area is 153 Å². The summed E-state index contributed by atoms with van der Waals surface area (Å²) >= 11 is 0. The van der Waals surface area contributed by atoms with Crippen LogP contribution < -0.4 is 5.73 Å². The number of nitriles is 3. The molecule has 0 amide bonds. The SMILES string of the molecule is N#Cc1c(N)c(C#N)c(-c2ccc(F)cc2)c(-c2ccc(F)cc2)c1C#N. The van der Waals surface area contributed by atoms with E-state index in [4.69, 9.17) is 5.73 Å². The van der Waals surface area contributed by atoms with Crippen LogP contribution in [0.3, 0.4) is 0 Å². The highest BCUT2D eigenvalue weighted by Crippen LogP contribution is 2.42. The number of benzene rings is 3. The molecule has 0 atom stereocenters. The Kier molecular flexibility index (Phi) is 4.54. The van der Waals surface area contributed by atoms with Crippen molar-refractivity contribution in [1.82, 2.24) is 0 Å². The normalized spacial score (nSPS) is 9.89. The monoisotopic (exact) mass is 356 g/mol. The topological polar surface area (TPSA) is 97.4 Å². The minimum absolute atomic E-state index is 0.00326. The van der Waals surface area contributed by atoms with Crippen molar-refractivity contribution >= 4 is 5.69 Å². The van der Waals surface area contributed by atoms with E-state index in [1.165, 1.54) is 48.5 Å². The van der Waals surface area contributed by atoms with Gasteiger partial charge in [0.25, 0.3) is 0 Å². The summed E-state index contributed by atoms with van der Waals surface area (Å²) in [6.07, 6.45) is 0. The molecule has 27 heavy (non-hydrogen) atoms. The van der Waals surface area contributed by atoms with Crippen molar-refractivity contribution in [3.8, 4) is 40.5 Å². The fraction of sp³-hybridized carbons (Fsp3) is 0. The van der Waals surface area contributed by atoms with E-state index in [1.54, 1.807) is 0 Å². The van der Waals surface area contributed by atoms with Gasteiger partial charge >= 0.3 is 0 Å². The van der Waals surface area contributed by atoms with Crippen LogP contribution >= 0.6 is 0 Å². The smallest absolute Gasteiger partial charge is 0.123 e. The first-order valence-electron chi connectivity index (χ1n) is 7.73. The molecule has 128 valence electrons. The predicted molar refractivity (Wildman–Crippen MR) is 95.8 cm³/mol. The van der Waals surface area contributed by atoms with Crippen molar-refractivity contribution in [3.05, 3.63) is 76.9 Å². The second-order valence-electron chi connectivity index (χ2n) is 5.64. The Morgan fingerprint density at radius 2 is 0.963 bits per heavy atom. The largest absolute Gasteiger partial charge is 0.397 e. The third kappa shape index (κ3) is 2.95. The Balaban J connectivity index is 2.54. The summed E-state index contributed by atoms with van der Waals surface area (Å²) in [5.41, 5.74) is 7.14. The molecule has 0 radical (unpaired) electrons. The van der Waals surface area contributed by atoms with Crippen LogP contribution in [0.25, 0.3) is 22.3 Å². The fourth-order valence-electron chi connectivity index (χ4n) is 2.92. The maximum Gasteiger partial charge on any atom is 0.123 e. The van der Waals surface area contributed by atoms with Crippen molar-refractivity contribution in [2.24, 2.45) is 0 Å². The highest BCUT2D eigenvalue weighted by Gasteiger charge is 2.24. The molecule has 0 saturated carbocycles. The van der Waals surface area contributed by atoms with Crippen LogP contribution in [0.1, 0.15) is 16.7 Å². The molecule has 0 aliphatic carbocycles. The molecule has 0 saturated heterocycles. The van der Waals surface area contributed by atoms with Crippen molar-refractivity contribution in [1.29, 1.82) is 15.8 Å². The number of rotatable bonds is 2. The number of halogens is 2. The fourth-order valence-corrected chi connectivity index (χ4v) is 2.92. The highest BCUT2D eigenvalue weighted by molar-refractivity contribution is 5.96. The average Bonchev–Trinajstić information content (AvgIpc) is 2.68. The van der Waals surface area contributed by atoms with Crippen molar-refractivity contribution in [2.45, 2.75) is 0 Å². The summed E-state index contributed by atoms with van der Waals surface area (Å²) in [6.45, 7) is 0. The molecular weight excluding hydrogens is 346 g/mol. The van der Waals surface area contributed by atoms with E-state index in [0.717, 1.165) is 0 Å². The van der Waals surface area contributed by atoms with Gasteiger partial charge < -0.3 is 5.73 Å². The summed E-state index contributed by atoms with van der Waals surface area (Å²) < 4.78 is 26.7. The van der Waals surface area contributed by atoms with Gasteiger partial charge in [-0.15, -0.1) is 0 Å². The van der Waals surface area contributed by atoms with Gasteiger partial charge in [0.15, 0.2) is 0 Å². The third-order valence-corrected chi connectivity index (χ3v) is 4.14. The van der Waals surface area contributed by atoms with Crippen LogP contribution in [0.4, 0.5) is 14.5 Å². The lowest BCUT2D eigenvalue weighted by Gasteiger charge is -2.17. The first kappa shape index (κ1) is 17.6. The molecule has 3 aromatic carbocycles. The van der Waals surface area contributed by atoms with Gasteiger partial charge in [-0.25, -0.2) is 8.78 Å². The van der Waals surface area contributed by atoms with Gasteiger partial charge in [-0.05, 0) is 35.4 Å². The quantitative estimate of drug-likeness (QED) is 0.684. The maximum atomic E-state index is 13.4. The van der Waals surface area contributed by atoms with Crippen LogP contribution in [-0.4, -0.2) is 0 Å². The highest BCUT2D eigenvalue weighted by atomic mass is 19.1. The third-order valence-electron chi connectivity index (χ3n) is 4.14. The van der Waals surface area contributed by atoms with Gasteiger partial charge in [0.1, 0.15) is 29.8 Å². The van der Waals surface area contributed by atoms with E-state index >= 15 is 0 Å². The molecule has 0 heterocycles. The summed E-state index contributed by atoms with van der Waals surface area (Å²) in [4.78, 5) is 0. The Morgan fingerprint density at radius 1 is 0.593 bits per heavy atom. The minimum atomic E-state index is -0.475. The molecule has 0 unspecified atom stereocenters. The zero-order valence-corrected chi connectivity index (χ0v) is 13.8. The molecule has 0 aliphatic rings. The number of hydrogen-bond acceptors (Lipinski definition) is 4. The van der Waals surface area contributed by atoms with Crippen LogP contribution in [0.2, 0.25) is 0 Å². The first-order valence-corrected chi connectivity index (χ1v) is 7.73. The van der Waals surface area contributed by atoms with E-state index < -0.39 is 11.6 Å². The summed E-state index contributed by atoms with van der Waals surface area (Å²) in [6, 6.07) is 16.4. The second kappa shape index (κ2) is 6.96. The van der Waals surface area contributed by atoms with E-state index in [1.807, 2.05) is 18.2 Å². The standard InChI is InChI=1S/C21H10F2N4/c22-14-5-1-12(2-6-14)19-16(9-24)17(10-25)21(27)18(11-26)20(19)13-3-7-15(23)8-4-13/h1-8H,27H2. The van der Waals surface area contributed by atoms with E-state index in [-0.39, 0.29) is 33.5 Å². The van der Waals surface area contributed by atoms with E-state index in [2.05, 4.69) is 0 Å².